The van der Waals surface area contributed by atoms with Gasteiger partial charge in [0.2, 0.25) is 0 Å². The van der Waals surface area contributed by atoms with Gasteiger partial charge in [0.1, 0.15) is 0 Å². The molecule has 1 saturated carbocycles. The van der Waals surface area contributed by atoms with Crippen LogP contribution in [-0.4, -0.2) is 23.6 Å². The number of nitrogens with zero attached hydrogens (tertiary/aromatic N) is 1. The second-order valence-corrected chi connectivity index (χ2v) is 3.14. The Morgan fingerprint density at radius 3 is 2.75 bits per heavy atom. The van der Waals surface area contributed by atoms with E-state index in [2.05, 4.69) is 11.7 Å². The summed E-state index contributed by atoms with van der Waals surface area (Å²) in [4.78, 5) is 0. The molecular weight excluding hydrogens is 154 g/mol. The van der Waals surface area contributed by atoms with Crippen LogP contribution in [0.2, 0.25) is 0 Å². The summed E-state index contributed by atoms with van der Waals surface area (Å²) in [6.45, 7) is 4.09. The molecule has 1 fully saturated rings. The maximum atomic E-state index is 8.15. The molecule has 3 heteroatoms. The van der Waals surface area contributed by atoms with E-state index < -0.39 is 0 Å². The summed E-state index contributed by atoms with van der Waals surface area (Å²) in [5, 5.41) is 11.0. The lowest BCUT2D eigenvalue weighted by molar-refractivity contribution is -0.0805. The highest BCUT2D eigenvalue weighted by molar-refractivity contribution is 5.57. The highest BCUT2D eigenvalue weighted by Gasteiger charge is 2.36. The monoisotopic (exact) mass is 169 g/mol. The molecule has 0 atom stereocenters. The zero-order valence-corrected chi connectivity index (χ0v) is 7.20. The summed E-state index contributed by atoms with van der Waals surface area (Å²) in [5.41, 5.74) is 0.00292. The smallest absolute Gasteiger partial charge is 0.0859 e. The molecule has 0 unspecified atom stereocenters. The van der Waals surface area contributed by atoms with E-state index in [1.165, 1.54) is 12.6 Å². The molecule has 1 aliphatic rings. The van der Waals surface area contributed by atoms with Crippen LogP contribution in [0.15, 0.2) is 17.8 Å². The molecular formula is C9H15NO2. The molecule has 68 valence electrons. The molecule has 3 nitrogen and oxygen atoms in total. The van der Waals surface area contributed by atoms with Gasteiger partial charge in [0.15, 0.2) is 0 Å². The molecule has 12 heavy (non-hydrogen) atoms. The van der Waals surface area contributed by atoms with Gasteiger partial charge in [0.25, 0.3) is 0 Å². The van der Waals surface area contributed by atoms with Crippen molar-refractivity contribution in [2.75, 3.05) is 6.61 Å². The Morgan fingerprint density at radius 1 is 1.58 bits per heavy atom. The van der Waals surface area contributed by atoms with Gasteiger partial charge >= 0.3 is 0 Å². The summed E-state index contributed by atoms with van der Waals surface area (Å²) in [6.07, 6.45) is 7.56. The number of rotatable bonds is 5. The Balaban J connectivity index is 2.29. The van der Waals surface area contributed by atoms with Crippen LogP contribution in [0.3, 0.4) is 0 Å². The second kappa shape index (κ2) is 4.26. The van der Waals surface area contributed by atoms with E-state index >= 15 is 0 Å². The first-order valence-electron chi connectivity index (χ1n) is 4.24. The molecule has 0 aromatic heterocycles. The molecule has 0 aliphatic heterocycles. The summed E-state index contributed by atoms with van der Waals surface area (Å²) >= 11 is 0. The minimum atomic E-state index is 0.00292. The molecule has 0 saturated heterocycles. The van der Waals surface area contributed by atoms with Gasteiger partial charge in [-0.25, -0.2) is 0 Å². The quantitative estimate of drug-likeness (QED) is 0.296. The summed E-state index contributed by atoms with van der Waals surface area (Å²) < 4.78 is 5.57. The van der Waals surface area contributed by atoms with Gasteiger partial charge < -0.3 is 9.94 Å². The predicted octanol–water partition coefficient (Wildman–Crippen LogP) is 1.96. The summed E-state index contributed by atoms with van der Waals surface area (Å²) in [6, 6.07) is 0. The fourth-order valence-electron chi connectivity index (χ4n) is 1.49. The van der Waals surface area contributed by atoms with Gasteiger partial charge in [0.05, 0.1) is 18.4 Å². The van der Waals surface area contributed by atoms with Gasteiger partial charge in [-0.15, -0.1) is 6.58 Å². The third-order valence-corrected chi connectivity index (χ3v) is 2.33. The fourth-order valence-corrected chi connectivity index (χ4v) is 1.49. The minimum Gasteiger partial charge on any atom is -0.411 e. The van der Waals surface area contributed by atoms with Gasteiger partial charge in [-0.3, -0.25) is 0 Å². The third kappa shape index (κ3) is 2.08. The Morgan fingerprint density at radius 2 is 2.33 bits per heavy atom. The third-order valence-electron chi connectivity index (χ3n) is 2.33. The fraction of sp³-hybridized carbons (Fsp3) is 0.667. The lowest BCUT2D eigenvalue weighted by Crippen LogP contribution is -2.40. The maximum Gasteiger partial charge on any atom is 0.0859 e. The summed E-state index contributed by atoms with van der Waals surface area (Å²) in [5.74, 6) is 0. The number of oxime groups is 1. The molecule has 0 radical (unpaired) electrons. The minimum absolute atomic E-state index is 0.00292. The topological polar surface area (TPSA) is 41.8 Å². The van der Waals surface area contributed by atoms with Crippen molar-refractivity contribution in [2.24, 2.45) is 5.16 Å². The highest BCUT2D eigenvalue weighted by Crippen LogP contribution is 2.38. The van der Waals surface area contributed by atoms with E-state index in [0.717, 1.165) is 19.3 Å². The lowest BCUT2D eigenvalue weighted by atomic mass is 9.77. The Labute approximate surface area is 72.7 Å². The number of hydrogen-bond donors (Lipinski definition) is 1. The van der Waals surface area contributed by atoms with Crippen molar-refractivity contribution in [3.05, 3.63) is 12.7 Å². The molecule has 0 amide bonds. The van der Waals surface area contributed by atoms with Crippen LogP contribution < -0.4 is 0 Å². The van der Waals surface area contributed by atoms with Gasteiger partial charge in [0, 0.05) is 0 Å². The van der Waals surface area contributed by atoms with Crippen LogP contribution in [0.1, 0.15) is 25.7 Å². The average molecular weight is 169 g/mol. The van der Waals surface area contributed by atoms with E-state index in [4.69, 9.17) is 9.94 Å². The normalized spacial score (nSPS) is 20.7. The first-order chi connectivity index (χ1) is 5.83. The van der Waals surface area contributed by atoms with Crippen molar-refractivity contribution in [3.8, 4) is 0 Å². The van der Waals surface area contributed by atoms with Crippen LogP contribution in [-0.2, 0) is 4.74 Å². The van der Waals surface area contributed by atoms with E-state index in [0.29, 0.717) is 6.61 Å². The average Bonchev–Trinajstić information content (AvgIpc) is 2.00. The van der Waals surface area contributed by atoms with Crippen molar-refractivity contribution >= 4 is 6.21 Å². The van der Waals surface area contributed by atoms with E-state index in [1.807, 2.05) is 6.08 Å². The van der Waals surface area contributed by atoms with E-state index in [-0.39, 0.29) is 5.60 Å². The first-order valence-corrected chi connectivity index (χ1v) is 4.24. The van der Waals surface area contributed by atoms with Crippen LogP contribution in [0, 0.1) is 0 Å². The maximum absolute atomic E-state index is 8.15. The highest BCUT2D eigenvalue weighted by atomic mass is 16.5. The first kappa shape index (κ1) is 9.26. The van der Waals surface area contributed by atoms with Crippen LogP contribution in [0.4, 0.5) is 0 Å². The molecule has 0 aromatic rings. The van der Waals surface area contributed by atoms with Crippen molar-refractivity contribution < 1.29 is 9.94 Å². The molecule has 0 bridgehead atoms. The van der Waals surface area contributed by atoms with Crippen LogP contribution in [0.5, 0.6) is 0 Å². The number of hydrogen-bond acceptors (Lipinski definition) is 3. The molecule has 0 heterocycles. The van der Waals surface area contributed by atoms with Crippen molar-refractivity contribution in [1.29, 1.82) is 0 Å². The van der Waals surface area contributed by atoms with Crippen LogP contribution in [0.25, 0.3) is 0 Å². The van der Waals surface area contributed by atoms with E-state index in [1.54, 1.807) is 0 Å². The Hall–Kier alpha value is -0.830. The van der Waals surface area contributed by atoms with Crippen molar-refractivity contribution in [3.63, 3.8) is 0 Å². The molecule has 1 aliphatic carbocycles. The standard InChI is InChI=1S/C9H15NO2/c1-2-4-9(5-3-6-9)12-8-7-10-11/h2,7,11H,1,3-6,8H2/b10-7-. The largest absolute Gasteiger partial charge is 0.411 e. The second-order valence-electron chi connectivity index (χ2n) is 3.14. The predicted molar refractivity (Wildman–Crippen MR) is 47.6 cm³/mol. The summed E-state index contributed by atoms with van der Waals surface area (Å²) in [7, 11) is 0. The Bertz CT molecular complexity index is 173. The SMILES string of the molecule is C=CCC1(OC/C=N\O)CCC1. The zero-order chi connectivity index (χ0) is 8.86. The van der Waals surface area contributed by atoms with Gasteiger partial charge in [-0.2, -0.15) is 0 Å². The van der Waals surface area contributed by atoms with Gasteiger partial charge in [-0.1, -0.05) is 11.2 Å². The molecule has 1 rings (SSSR count). The lowest BCUT2D eigenvalue weighted by Gasteiger charge is -2.40. The Kier molecular flexibility index (Phi) is 3.29. The molecule has 0 spiro atoms. The molecule has 0 aromatic carbocycles. The number of ether oxygens (including phenoxy) is 1. The van der Waals surface area contributed by atoms with Crippen LogP contribution >= 0.6 is 0 Å². The van der Waals surface area contributed by atoms with Crippen molar-refractivity contribution in [2.45, 2.75) is 31.3 Å². The van der Waals surface area contributed by atoms with E-state index in [9.17, 15) is 0 Å². The van der Waals surface area contributed by atoms with Crippen molar-refractivity contribution in [1.82, 2.24) is 0 Å². The van der Waals surface area contributed by atoms with Gasteiger partial charge in [-0.05, 0) is 25.7 Å². The zero-order valence-electron chi connectivity index (χ0n) is 7.20. The molecule has 1 N–H and O–H groups in total.